The predicted octanol–water partition coefficient (Wildman–Crippen LogP) is 2.23. The molecule has 16 heavy (non-hydrogen) atoms. The van der Waals surface area contributed by atoms with E-state index >= 15 is 0 Å². The zero-order valence-corrected chi connectivity index (χ0v) is 9.84. The molecule has 3 rings (SSSR count). The molecular formula is C12H13NO2S. The van der Waals surface area contributed by atoms with Crippen LogP contribution in [0.25, 0.3) is 10.3 Å². The van der Waals surface area contributed by atoms with Crippen molar-refractivity contribution in [2.24, 2.45) is 5.73 Å². The van der Waals surface area contributed by atoms with Crippen molar-refractivity contribution >= 4 is 21.6 Å². The molecule has 1 aliphatic carbocycles. The van der Waals surface area contributed by atoms with E-state index in [2.05, 4.69) is 6.07 Å². The van der Waals surface area contributed by atoms with Gasteiger partial charge in [0.05, 0.1) is 4.70 Å². The van der Waals surface area contributed by atoms with Gasteiger partial charge in [0, 0.05) is 11.5 Å². The molecule has 84 valence electrons. The molecule has 0 radical (unpaired) electrons. The molecule has 1 aromatic heterocycles. The van der Waals surface area contributed by atoms with E-state index in [-0.39, 0.29) is 16.4 Å². The maximum Gasteiger partial charge on any atom is 0.396 e. The highest BCUT2D eigenvalue weighted by atomic mass is 32.1. The Kier molecular flexibility index (Phi) is 2.00. The number of fused-ring (bicyclic) bond motifs is 1. The number of benzene rings is 1. The van der Waals surface area contributed by atoms with Crippen molar-refractivity contribution in [3.8, 4) is 0 Å². The van der Waals surface area contributed by atoms with E-state index in [4.69, 9.17) is 10.2 Å². The third-order valence-corrected chi connectivity index (χ3v) is 4.43. The van der Waals surface area contributed by atoms with Gasteiger partial charge in [-0.1, -0.05) is 23.5 Å². The molecule has 0 amide bonds. The van der Waals surface area contributed by atoms with Crippen LogP contribution in [0.15, 0.2) is 27.4 Å². The lowest BCUT2D eigenvalue weighted by atomic mass is 9.89. The predicted molar refractivity (Wildman–Crippen MR) is 64.9 cm³/mol. The van der Waals surface area contributed by atoms with Gasteiger partial charge >= 0.3 is 4.94 Å². The summed E-state index contributed by atoms with van der Waals surface area (Å²) in [5.41, 5.74) is 8.02. The molecule has 1 fully saturated rings. The molecule has 3 nitrogen and oxygen atoms in total. The third kappa shape index (κ3) is 1.26. The van der Waals surface area contributed by atoms with E-state index in [0.717, 1.165) is 17.5 Å². The van der Waals surface area contributed by atoms with Gasteiger partial charge in [-0.05, 0) is 31.4 Å². The fourth-order valence-corrected chi connectivity index (χ4v) is 3.28. The number of rotatable bonds is 2. The Labute approximate surface area is 96.9 Å². The monoisotopic (exact) mass is 235 g/mol. The summed E-state index contributed by atoms with van der Waals surface area (Å²) in [7, 11) is 0. The summed E-state index contributed by atoms with van der Waals surface area (Å²) in [4.78, 5) is 11.0. The number of hydrogen-bond acceptors (Lipinski definition) is 4. The van der Waals surface area contributed by atoms with E-state index in [1.54, 1.807) is 0 Å². The Balaban J connectivity index is 2.28. The lowest BCUT2D eigenvalue weighted by molar-refractivity contribution is 0.558. The largest absolute Gasteiger partial charge is 0.414 e. The van der Waals surface area contributed by atoms with Crippen LogP contribution in [0.4, 0.5) is 0 Å². The quantitative estimate of drug-likeness (QED) is 0.868. The van der Waals surface area contributed by atoms with Crippen molar-refractivity contribution in [1.82, 2.24) is 0 Å². The van der Waals surface area contributed by atoms with Gasteiger partial charge in [-0.25, -0.2) is 4.79 Å². The molecular weight excluding hydrogens is 222 g/mol. The number of hydrogen-bond donors (Lipinski definition) is 1. The van der Waals surface area contributed by atoms with Crippen molar-refractivity contribution < 1.29 is 4.42 Å². The van der Waals surface area contributed by atoms with Crippen molar-refractivity contribution in [2.75, 3.05) is 0 Å². The Morgan fingerprint density at radius 3 is 2.88 bits per heavy atom. The standard InChI is InChI=1S/C12H13NO2S/c1-7(13)12(5-6-12)8-3-2-4-9-10(8)16-11(14)15-9/h2-4,7H,5-6,13H2,1H3. The molecule has 1 atom stereocenters. The van der Waals surface area contributed by atoms with Crippen molar-refractivity contribution in [2.45, 2.75) is 31.2 Å². The normalized spacial score (nSPS) is 19.9. The average Bonchev–Trinajstić information content (AvgIpc) is 2.94. The van der Waals surface area contributed by atoms with Gasteiger partial charge in [-0.2, -0.15) is 0 Å². The fourth-order valence-electron chi connectivity index (χ4n) is 2.39. The van der Waals surface area contributed by atoms with Gasteiger partial charge in [0.25, 0.3) is 0 Å². The molecule has 0 aliphatic heterocycles. The van der Waals surface area contributed by atoms with E-state index in [1.165, 1.54) is 16.9 Å². The summed E-state index contributed by atoms with van der Waals surface area (Å²) in [6, 6.07) is 5.98. The second-order valence-corrected chi connectivity index (χ2v) is 5.48. The Morgan fingerprint density at radius 2 is 2.25 bits per heavy atom. The van der Waals surface area contributed by atoms with Gasteiger partial charge in [0.2, 0.25) is 0 Å². The van der Waals surface area contributed by atoms with Crippen LogP contribution in [0.3, 0.4) is 0 Å². The molecule has 1 aromatic carbocycles. The molecule has 1 saturated carbocycles. The smallest absolute Gasteiger partial charge is 0.396 e. The topological polar surface area (TPSA) is 56.2 Å². The first-order valence-corrected chi connectivity index (χ1v) is 6.24. The summed E-state index contributed by atoms with van der Waals surface area (Å²) < 4.78 is 6.11. The Hall–Kier alpha value is -1.13. The summed E-state index contributed by atoms with van der Waals surface area (Å²) in [6.45, 7) is 2.04. The zero-order valence-electron chi connectivity index (χ0n) is 9.03. The Morgan fingerprint density at radius 1 is 1.50 bits per heavy atom. The van der Waals surface area contributed by atoms with E-state index in [9.17, 15) is 4.79 Å². The molecule has 0 bridgehead atoms. The number of nitrogens with two attached hydrogens (primary N) is 1. The van der Waals surface area contributed by atoms with E-state index in [1.807, 2.05) is 19.1 Å². The average molecular weight is 235 g/mol. The van der Waals surface area contributed by atoms with Crippen LogP contribution in [0.2, 0.25) is 0 Å². The van der Waals surface area contributed by atoms with Gasteiger partial charge in [0.1, 0.15) is 5.58 Å². The van der Waals surface area contributed by atoms with Crippen LogP contribution in [0.1, 0.15) is 25.3 Å². The SMILES string of the molecule is CC(N)C1(c2cccc3oc(=O)sc23)CC1. The van der Waals surface area contributed by atoms with Gasteiger partial charge in [0.15, 0.2) is 0 Å². The Bertz CT molecular complexity index is 592. The molecule has 4 heteroatoms. The molecule has 2 N–H and O–H groups in total. The van der Waals surface area contributed by atoms with Crippen LogP contribution in [-0.4, -0.2) is 6.04 Å². The van der Waals surface area contributed by atoms with Gasteiger partial charge in [-0.15, -0.1) is 0 Å². The fraction of sp³-hybridized carbons (Fsp3) is 0.417. The maximum atomic E-state index is 11.3. The van der Waals surface area contributed by atoms with Gasteiger partial charge < -0.3 is 10.2 Å². The van der Waals surface area contributed by atoms with Crippen LogP contribution in [-0.2, 0) is 5.41 Å². The third-order valence-electron chi connectivity index (χ3n) is 3.55. The first kappa shape index (κ1) is 10.1. The van der Waals surface area contributed by atoms with Crippen molar-refractivity contribution in [1.29, 1.82) is 0 Å². The first-order chi connectivity index (χ1) is 7.63. The molecule has 1 unspecified atom stereocenters. The zero-order chi connectivity index (χ0) is 11.3. The molecule has 1 heterocycles. The minimum atomic E-state index is -0.233. The second kappa shape index (κ2) is 3.18. The van der Waals surface area contributed by atoms with Crippen molar-refractivity contribution in [3.63, 3.8) is 0 Å². The maximum absolute atomic E-state index is 11.3. The summed E-state index contributed by atoms with van der Waals surface area (Å²) in [5.74, 6) is 0. The molecule has 0 spiro atoms. The highest BCUT2D eigenvalue weighted by Gasteiger charge is 2.48. The summed E-state index contributed by atoms with van der Waals surface area (Å²) >= 11 is 1.19. The lowest BCUT2D eigenvalue weighted by Crippen LogP contribution is -2.31. The van der Waals surface area contributed by atoms with Crippen LogP contribution in [0.5, 0.6) is 0 Å². The lowest BCUT2D eigenvalue weighted by Gasteiger charge is -2.20. The van der Waals surface area contributed by atoms with Gasteiger partial charge in [-0.3, -0.25) is 0 Å². The van der Waals surface area contributed by atoms with E-state index in [0.29, 0.717) is 5.58 Å². The van der Waals surface area contributed by atoms with Crippen LogP contribution >= 0.6 is 11.3 Å². The van der Waals surface area contributed by atoms with Crippen LogP contribution < -0.4 is 10.7 Å². The van der Waals surface area contributed by atoms with Crippen LogP contribution in [0, 0.1) is 0 Å². The second-order valence-electron chi connectivity index (χ2n) is 4.53. The highest BCUT2D eigenvalue weighted by molar-refractivity contribution is 7.16. The first-order valence-electron chi connectivity index (χ1n) is 5.42. The highest BCUT2D eigenvalue weighted by Crippen LogP contribution is 2.52. The molecule has 0 saturated heterocycles. The summed E-state index contributed by atoms with van der Waals surface area (Å²) in [6.07, 6.45) is 2.21. The summed E-state index contributed by atoms with van der Waals surface area (Å²) in [5, 5.41) is 0. The molecule has 1 aliphatic rings. The van der Waals surface area contributed by atoms with Crippen molar-refractivity contribution in [3.05, 3.63) is 33.5 Å². The minimum Gasteiger partial charge on any atom is -0.414 e. The minimum absolute atomic E-state index is 0.0757. The van der Waals surface area contributed by atoms with E-state index < -0.39 is 0 Å². The molecule has 2 aromatic rings.